The minimum Gasteiger partial charge on any atom is -0.369 e. The molecule has 0 unspecified atom stereocenters. The lowest BCUT2D eigenvalue weighted by atomic mass is 10.0. The van der Waals surface area contributed by atoms with Crippen LogP contribution in [0.5, 0.6) is 0 Å². The van der Waals surface area contributed by atoms with Gasteiger partial charge in [-0.3, -0.25) is 4.79 Å². The number of carbonyl (C=O) groups excluding carboxylic acids is 1. The van der Waals surface area contributed by atoms with Gasteiger partial charge in [-0.2, -0.15) is 0 Å². The largest absolute Gasteiger partial charge is 0.369 e. The van der Waals surface area contributed by atoms with Crippen LogP contribution in [-0.2, 0) is 4.79 Å². The standard InChI is InChI=1S/C25H26N4OS/c1-16-11-12-20(17(2)14-16)29-21(30)10-7-13-26-24-23-22(19-8-5-4-6-9-19)18(3)31-25(23)28-15-27-24/h4-6,8-9,11-12,14-15H,7,10,13H2,1-3H3,(H,29,30)(H,26,27,28). The van der Waals surface area contributed by atoms with Gasteiger partial charge in [0.2, 0.25) is 5.91 Å². The maximum atomic E-state index is 12.4. The highest BCUT2D eigenvalue weighted by Gasteiger charge is 2.16. The molecule has 0 radical (unpaired) electrons. The van der Waals surface area contributed by atoms with Gasteiger partial charge in [0.25, 0.3) is 0 Å². The highest BCUT2D eigenvalue weighted by Crippen LogP contribution is 2.40. The Morgan fingerprint density at radius 1 is 1.03 bits per heavy atom. The van der Waals surface area contributed by atoms with Gasteiger partial charge in [-0.05, 0) is 44.4 Å². The first kappa shape index (κ1) is 21.0. The number of nitrogens with one attached hydrogen (secondary N) is 2. The predicted octanol–water partition coefficient (Wildman–Crippen LogP) is 6.11. The number of aromatic nitrogens is 2. The summed E-state index contributed by atoms with van der Waals surface area (Å²) < 4.78 is 0. The van der Waals surface area contributed by atoms with Crippen molar-refractivity contribution in [3.05, 3.63) is 70.9 Å². The number of thiophene rings is 1. The first-order valence-corrected chi connectivity index (χ1v) is 11.2. The third-order valence-electron chi connectivity index (χ3n) is 5.26. The van der Waals surface area contributed by atoms with E-state index in [2.05, 4.69) is 45.7 Å². The van der Waals surface area contributed by atoms with Crippen molar-refractivity contribution in [3.63, 3.8) is 0 Å². The molecule has 2 aromatic heterocycles. The van der Waals surface area contributed by atoms with Crippen molar-refractivity contribution >= 4 is 39.0 Å². The van der Waals surface area contributed by atoms with E-state index in [4.69, 9.17) is 0 Å². The van der Waals surface area contributed by atoms with Crippen LogP contribution >= 0.6 is 11.3 Å². The van der Waals surface area contributed by atoms with Gasteiger partial charge in [0.1, 0.15) is 17.0 Å². The van der Waals surface area contributed by atoms with Crippen LogP contribution in [0.2, 0.25) is 0 Å². The van der Waals surface area contributed by atoms with Gasteiger partial charge >= 0.3 is 0 Å². The second-order valence-corrected chi connectivity index (χ2v) is 8.90. The van der Waals surface area contributed by atoms with Gasteiger partial charge in [0.15, 0.2) is 0 Å². The van der Waals surface area contributed by atoms with E-state index in [1.165, 1.54) is 16.0 Å². The number of amides is 1. The first-order chi connectivity index (χ1) is 15.0. The molecule has 0 aliphatic rings. The molecule has 4 rings (SSSR count). The number of benzene rings is 2. The summed E-state index contributed by atoms with van der Waals surface area (Å²) in [6.07, 6.45) is 2.76. The van der Waals surface area contributed by atoms with E-state index in [0.29, 0.717) is 19.4 Å². The zero-order chi connectivity index (χ0) is 21.8. The summed E-state index contributed by atoms with van der Waals surface area (Å²) in [7, 11) is 0. The molecule has 6 heteroatoms. The fraction of sp³-hybridized carbons (Fsp3) is 0.240. The normalized spacial score (nSPS) is 10.9. The molecule has 0 aliphatic heterocycles. The lowest BCUT2D eigenvalue weighted by molar-refractivity contribution is -0.116. The van der Waals surface area contributed by atoms with Crippen LogP contribution in [0.3, 0.4) is 0 Å². The Morgan fingerprint density at radius 2 is 1.84 bits per heavy atom. The first-order valence-electron chi connectivity index (χ1n) is 10.4. The van der Waals surface area contributed by atoms with Crippen molar-refractivity contribution < 1.29 is 4.79 Å². The van der Waals surface area contributed by atoms with Gasteiger partial charge < -0.3 is 10.6 Å². The van der Waals surface area contributed by atoms with Gasteiger partial charge in [-0.25, -0.2) is 9.97 Å². The molecular formula is C25H26N4OS. The number of anilines is 2. The Morgan fingerprint density at radius 3 is 2.61 bits per heavy atom. The molecule has 31 heavy (non-hydrogen) atoms. The van der Waals surface area contributed by atoms with Crippen LogP contribution in [0.15, 0.2) is 54.9 Å². The third-order valence-corrected chi connectivity index (χ3v) is 6.27. The molecule has 2 aromatic carbocycles. The summed E-state index contributed by atoms with van der Waals surface area (Å²) in [5, 5.41) is 7.49. The number of nitrogens with zero attached hydrogens (tertiary/aromatic N) is 2. The Balaban J connectivity index is 1.42. The molecular weight excluding hydrogens is 404 g/mol. The van der Waals surface area contributed by atoms with E-state index in [-0.39, 0.29) is 5.91 Å². The van der Waals surface area contributed by atoms with Crippen molar-refractivity contribution in [2.24, 2.45) is 0 Å². The van der Waals surface area contributed by atoms with Crippen LogP contribution in [0.4, 0.5) is 11.5 Å². The SMILES string of the molecule is Cc1ccc(NC(=O)CCCNc2ncnc3sc(C)c(-c4ccccc4)c23)c(C)c1. The van der Waals surface area contributed by atoms with E-state index in [9.17, 15) is 4.79 Å². The van der Waals surface area contributed by atoms with Crippen molar-refractivity contribution in [1.29, 1.82) is 0 Å². The zero-order valence-electron chi connectivity index (χ0n) is 18.0. The van der Waals surface area contributed by atoms with Gasteiger partial charge in [-0.1, -0.05) is 48.0 Å². The summed E-state index contributed by atoms with van der Waals surface area (Å²) in [6, 6.07) is 16.4. The minimum absolute atomic E-state index is 0.0259. The fourth-order valence-electron chi connectivity index (χ4n) is 3.75. The predicted molar refractivity (Wildman–Crippen MR) is 130 cm³/mol. The zero-order valence-corrected chi connectivity index (χ0v) is 18.8. The van der Waals surface area contributed by atoms with E-state index in [1.807, 2.05) is 44.2 Å². The van der Waals surface area contributed by atoms with Crippen LogP contribution in [0, 0.1) is 20.8 Å². The number of aryl methyl sites for hydroxylation is 3. The molecule has 5 nitrogen and oxygen atoms in total. The van der Waals surface area contributed by atoms with Crippen LogP contribution in [0.25, 0.3) is 21.3 Å². The van der Waals surface area contributed by atoms with Gasteiger partial charge in [-0.15, -0.1) is 11.3 Å². The van der Waals surface area contributed by atoms with E-state index in [0.717, 1.165) is 32.8 Å². The average Bonchev–Trinajstić information content (AvgIpc) is 3.10. The number of rotatable bonds is 7. The van der Waals surface area contributed by atoms with Crippen LogP contribution in [-0.4, -0.2) is 22.4 Å². The minimum atomic E-state index is 0.0259. The molecule has 0 spiro atoms. The Labute approximate surface area is 186 Å². The fourth-order valence-corrected chi connectivity index (χ4v) is 4.77. The van der Waals surface area contributed by atoms with Crippen molar-refractivity contribution in [2.75, 3.05) is 17.2 Å². The lowest BCUT2D eigenvalue weighted by Crippen LogP contribution is -2.14. The van der Waals surface area contributed by atoms with Crippen molar-refractivity contribution in [2.45, 2.75) is 33.6 Å². The molecule has 0 fully saturated rings. The topological polar surface area (TPSA) is 66.9 Å². The molecule has 0 saturated carbocycles. The maximum absolute atomic E-state index is 12.4. The molecule has 0 aliphatic carbocycles. The van der Waals surface area contributed by atoms with E-state index >= 15 is 0 Å². The highest BCUT2D eigenvalue weighted by atomic mass is 32.1. The van der Waals surface area contributed by atoms with Gasteiger partial charge in [0.05, 0.1) is 5.39 Å². The molecule has 2 N–H and O–H groups in total. The second kappa shape index (κ2) is 9.27. The monoisotopic (exact) mass is 430 g/mol. The summed E-state index contributed by atoms with van der Waals surface area (Å²) in [4.78, 5) is 23.5. The summed E-state index contributed by atoms with van der Waals surface area (Å²) in [6.45, 7) is 6.84. The Bertz CT molecular complexity index is 1220. The van der Waals surface area contributed by atoms with Crippen molar-refractivity contribution in [3.8, 4) is 11.1 Å². The summed E-state index contributed by atoms with van der Waals surface area (Å²) in [5.74, 6) is 0.848. The third kappa shape index (κ3) is 4.75. The van der Waals surface area contributed by atoms with E-state index in [1.54, 1.807) is 17.7 Å². The molecule has 0 saturated heterocycles. The van der Waals surface area contributed by atoms with Gasteiger partial charge in [0, 0.05) is 29.1 Å². The molecule has 0 bridgehead atoms. The Kier molecular flexibility index (Phi) is 6.28. The maximum Gasteiger partial charge on any atom is 0.224 e. The second-order valence-electron chi connectivity index (χ2n) is 7.70. The van der Waals surface area contributed by atoms with Crippen molar-refractivity contribution in [1.82, 2.24) is 9.97 Å². The summed E-state index contributed by atoms with van der Waals surface area (Å²) >= 11 is 1.68. The molecule has 4 aromatic rings. The van der Waals surface area contributed by atoms with E-state index < -0.39 is 0 Å². The molecule has 2 heterocycles. The lowest BCUT2D eigenvalue weighted by Gasteiger charge is -2.10. The summed E-state index contributed by atoms with van der Waals surface area (Å²) in [5.41, 5.74) is 5.49. The molecule has 0 atom stereocenters. The van der Waals surface area contributed by atoms with Crippen LogP contribution < -0.4 is 10.6 Å². The Hall–Kier alpha value is -3.25. The number of hydrogen-bond donors (Lipinski definition) is 2. The number of fused-ring (bicyclic) bond motifs is 1. The molecule has 158 valence electrons. The average molecular weight is 431 g/mol. The number of hydrogen-bond acceptors (Lipinski definition) is 5. The quantitative estimate of drug-likeness (QED) is 0.347. The molecule has 1 amide bonds. The smallest absolute Gasteiger partial charge is 0.224 e. The highest BCUT2D eigenvalue weighted by molar-refractivity contribution is 7.19. The van der Waals surface area contributed by atoms with Crippen LogP contribution in [0.1, 0.15) is 28.8 Å². The number of carbonyl (C=O) groups is 1.